The van der Waals surface area contributed by atoms with E-state index in [1.807, 2.05) is 0 Å². The predicted molar refractivity (Wildman–Crippen MR) is 86.7 cm³/mol. The second-order valence-corrected chi connectivity index (χ2v) is 5.64. The fourth-order valence-electron chi connectivity index (χ4n) is 2.01. The molecule has 1 amide bonds. The first-order valence-corrected chi connectivity index (χ1v) is 7.43. The van der Waals surface area contributed by atoms with Crippen LogP contribution in [0.3, 0.4) is 0 Å². The summed E-state index contributed by atoms with van der Waals surface area (Å²) in [4.78, 5) is 22.4. The number of rotatable bonds is 4. The van der Waals surface area contributed by atoms with Crippen molar-refractivity contribution in [3.05, 3.63) is 62.1 Å². The van der Waals surface area contributed by atoms with Gasteiger partial charge in [0.15, 0.2) is 0 Å². The Bertz CT molecular complexity index is 840. The van der Waals surface area contributed by atoms with Crippen LogP contribution in [0, 0.1) is 10.1 Å². The molecule has 0 aliphatic rings. The van der Waals surface area contributed by atoms with Crippen molar-refractivity contribution in [2.45, 2.75) is 6.18 Å². The molecule has 0 unspecified atom stereocenters. The summed E-state index contributed by atoms with van der Waals surface area (Å²) in [6.07, 6.45) is -4.61. The van der Waals surface area contributed by atoms with E-state index >= 15 is 0 Å². The van der Waals surface area contributed by atoms with E-state index < -0.39 is 22.6 Å². The fourth-order valence-corrected chi connectivity index (χ4v) is 2.48. The van der Waals surface area contributed by atoms with Crippen LogP contribution in [-0.4, -0.2) is 17.9 Å². The van der Waals surface area contributed by atoms with E-state index in [2.05, 4.69) is 21.2 Å². The third kappa shape index (κ3) is 4.27. The van der Waals surface area contributed by atoms with Crippen molar-refractivity contribution < 1.29 is 27.6 Å². The number of non-ortho nitro benzene ring substituents is 1. The molecule has 0 saturated heterocycles. The van der Waals surface area contributed by atoms with Gasteiger partial charge in [-0.1, -0.05) is 15.9 Å². The van der Waals surface area contributed by atoms with Crippen LogP contribution in [-0.2, 0) is 6.18 Å². The van der Waals surface area contributed by atoms with Gasteiger partial charge in [-0.15, -0.1) is 0 Å². The number of nitro benzene ring substituents is 1. The molecule has 0 atom stereocenters. The Morgan fingerprint density at radius 3 is 2.48 bits per heavy atom. The van der Waals surface area contributed by atoms with E-state index in [-0.39, 0.29) is 27.2 Å². The monoisotopic (exact) mass is 418 g/mol. The molecule has 0 aliphatic carbocycles. The number of nitrogens with one attached hydrogen (secondary N) is 1. The predicted octanol–water partition coefficient (Wildman–Crippen LogP) is 4.64. The molecule has 0 heterocycles. The molecule has 0 saturated carbocycles. The highest BCUT2D eigenvalue weighted by Crippen LogP contribution is 2.36. The lowest BCUT2D eigenvalue weighted by Crippen LogP contribution is -2.15. The molecule has 0 aliphatic heterocycles. The number of hydrogen-bond acceptors (Lipinski definition) is 4. The lowest BCUT2D eigenvalue weighted by Gasteiger charge is -2.13. The minimum absolute atomic E-state index is 0.0521. The summed E-state index contributed by atoms with van der Waals surface area (Å²) in [5, 5.41) is 13.1. The molecule has 0 radical (unpaired) electrons. The zero-order valence-electron chi connectivity index (χ0n) is 12.6. The molecule has 132 valence electrons. The average molecular weight is 419 g/mol. The fraction of sp³-hybridized carbons (Fsp3) is 0.133. The zero-order chi connectivity index (χ0) is 18.8. The summed E-state index contributed by atoms with van der Waals surface area (Å²) in [6.45, 7) is 0. The van der Waals surface area contributed by atoms with Crippen LogP contribution in [0.1, 0.15) is 15.9 Å². The molecule has 25 heavy (non-hydrogen) atoms. The summed E-state index contributed by atoms with van der Waals surface area (Å²) in [7, 11) is 1.26. The minimum atomic E-state index is -4.61. The normalized spacial score (nSPS) is 11.1. The van der Waals surface area contributed by atoms with Crippen LogP contribution < -0.4 is 10.1 Å². The number of nitro groups is 1. The number of carbonyl (C=O) groups is 1. The van der Waals surface area contributed by atoms with Crippen LogP contribution in [0.2, 0.25) is 0 Å². The Morgan fingerprint density at radius 2 is 1.92 bits per heavy atom. The molecule has 10 heteroatoms. The molecule has 0 fully saturated rings. The van der Waals surface area contributed by atoms with Crippen molar-refractivity contribution in [1.82, 2.24) is 0 Å². The third-order valence-corrected chi connectivity index (χ3v) is 3.86. The Balaban J connectivity index is 2.37. The molecule has 6 nitrogen and oxygen atoms in total. The SMILES string of the molecule is COc1ccc([N+](=O)[O-])cc1C(=O)Nc1ccc(Br)c(C(F)(F)F)c1. The third-order valence-electron chi connectivity index (χ3n) is 3.17. The average Bonchev–Trinajstić information content (AvgIpc) is 2.54. The second kappa shape index (κ2) is 7.09. The maximum absolute atomic E-state index is 12.9. The standard InChI is InChI=1S/C15H10BrF3N2O4/c1-25-13-5-3-9(21(23)24)7-10(13)14(22)20-8-2-4-12(16)11(6-8)15(17,18)19/h2-7H,1H3,(H,20,22). The number of benzene rings is 2. The van der Waals surface area contributed by atoms with Crippen molar-refractivity contribution in [3.8, 4) is 5.75 Å². The summed E-state index contributed by atoms with van der Waals surface area (Å²) in [5.74, 6) is -0.785. The van der Waals surface area contributed by atoms with Crippen molar-refractivity contribution in [1.29, 1.82) is 0 Å². The first-order valence-electron chi connectivity index (χ1n) is 6.64. The molecule has 2 rings (SSSR count). The quantitative estimate of drug-likeness (QED) is 0.579. The molecule has 0 bridgehead atoms. The van der Waals surface area contributed by atoms with Crippen molar-refractivity contribution in [2.24, 2.45) is 0 Å². The highest BCUT2D eigenvalue weighted by atomic mass is 79.9. The van der Waals surface area contributed by atoms with E-state index in [9.17, 15) is 28.1 Å². The first kappa shape index (κ1) is 18.7. The molecular formula is C15H10BrF3N2O4. The Hall–Kier alpha value is -2.62. The Morgan fingerprint density at radius 1 is 1.24 bits per heavy atom. The van der Waals surface area contributed by atoms with Crippen LogP contribution in [0.15, 0.2) is 40.9 Å². The largest absolute Gasteiger partial charge is 0.496 e. The maximum Gasteiger partial charge on any atom is 0.417 e. The molecule has 0 spiro atoms. The maximum atomic E-state index is 12.9. The molecule has 2 aromatic carbocycles. The van der Waals surface area contributed by atoms with Crippen LogP contribution in [0.25, 0.3) is 0 Å². The van der Waals surface area contributed by atoms with E-state index in [1.54, 1.807) is 0 Å². The van der Waals surface area contributed by atoms with Gasteiger partial charge in [0.25, 0.3) is 11.6 Å². The van der Waals surface area contributed by atoms with Gasteiger partial charge in [-0.3, -0.25) is 14.9 Å². The zero-order valence-corrected chi connectivity index (χ0v) is 14.1. The molecular weight excluding hydrogens is 409 g/mol. The van der Waals surface area contributed by atoms with Crippen LogP contribution in [0.4, 0.5) is 24.5 Å². The van der Waals surface area contributed by atoms with Crippen molar-refractivity contribution in [3.63, 3.8) is 0 Å². The Kier molecular flexibility index (Phi) is 5.31. The lowest BCUT2D eigenvalue weighted by atomic mass is 10.1. The van der Waals surface area contributed by atoms with Crippen molar-refractivity contribution in [2.75, 3.05) is 12.4 Å². The summed E-state index contributed by atoms with van der Waals surface area (Å²) in [5.41, 5.74) is -1.60. The molecule has 1 N–H and O–H groups in total. The van der Waals surface area contributed by atoms with Crippen LogP contribution in [0.5, 0.6) is 5.75 Å². The number of alkyl halides is 3. The van der Waals surface area contributed by atoms with E-state index in [0.717, 1.165) is 24.3 Å². The number of ether oxygens (including phenoxy) is 1. The summed E-state index contributed by atoms with van der Waals surface area (Å²) in [6, 6.07) is 6.53. The van der Waals surface area contributed by atoms with Crippen LogP contribution >= 0.6 is 15.9 Å². The first-order chi connectivity index (χ1) is 11.6. The van der Waals surface area contributed by atoms with Gasteiger partial charge < -0.3 is 10.1 Å². The highest BCUT2D eigenvalue weighted by Gasteiger charge is 2.33. The minimum Gasteiger partial charge on any atom is -0.496 e. The number of halogens is 4. The number of methoxy groups -OCH3 is 1. The molecule has 2 aromatic rings. The van der Waals surface area contributed by atoms with Gasteiger partial charge >= 0.3 is 6.18 Å². The van der Waals surface area contributed by atoms with Gasteiger partial charge in [0.2, 0.25) is 0 Å². The van der Waals surface area contributed by atoms with E-state index in [1.165, 1.54) is 19.2 Å². The molecule has 0 aromatic heterocycles. The van der Waals surface area contributed by atoms with E-state index in [4.69, 9.17) is 4.74 Å². The summed E-state index contributed by atoms with van der Waals surface area (Å²) >= 11 is 2.80. The van der Waals surface area contributed by atoms with Gasteiger partial charge in [-0.25, -0.2) is 0 Å². The van der Waals surface area contributed by atoms with Gasteiger partial charge in [-0.05, 0) is 24.3 Å². The van der Waals surface area contributed by atoms with E-state index in [0.29, 0.717) is 0 Å². The van der Waals surface area contributed by atoms with Gasteiger partial charge in [-0.2, -0.15) is 13.2 Å². The van der Waals surface area contributed by atoms with Crippen molar-refractivity contribution >= 4 is 33.2 Å². The summed E-state index contributed by atoms with van der Waals surface area (Å²) < 4.78 is 43.5. The smallest absolute Gasteiger partial charge is 0.417 e. The highest BCUT2D eigenvalue weighted by molar-refractivity contribution is 9.10. The number of carbonyl (C=O) groups excluding carboxylic acids is 1. The number of amides is 1. The second-order valence-electron chi connectivity index (χ2n) is 4.79. The number of nitrogens with zero attached hydrogens (tertiary/aromatic N) is 1. The van der Waals surface area contributed by atoms with Gasteiger partial charge in [0.1, 0.15) is 5.75 Å². The van der Waals surface area contributed by atoms with Gasteiger partial charge in [0, 0.05) is 22.3 Å². The lowest BCUT2D eigenvalue weighted by molar-refractivity contribution is -0.384. The topological polar surface area (TPSA) is 81.5 Å². The Labute approximate surface area is 147 Å². The number of anilines is 1. The van der Waals surface area contributed by atoms with Gasteiger partial charge in [0.05, 0.1) is 23.2 Å². The number of hydrogen-bond donors (Lipinski definition) is 1.